The number of alkyl carbamates (subject to hydrolysis) is 1. The number of halogens is 1. The molecule has 0 bridgehead atoms. The van der Waals surface area contributed by atoms with Crippen molar-refractivity contribution < 1.29 is 14.3 Å². The van der Waals surface area contributed by atoms with Gasteiger partial charge in [-0.2, -0.15) is 0 Å². The van der Waals surface area contributed by atoms with Gasteiger partial charge in [0.15, 0.2) is 0 Å². The minimum Gasteiger partial charge on any atom is -0.444 e. The van der Waals surface area contributed by atoms with Crippen LogP contribution in [0.4, 0.5) is 10.5 Å². The highest BCUT2D eigenvalue weighted by Crippen LogP contribution is 2.27. The van der Waals surface area contributed by atoms with Crippen LogP contribution in [0.3, 0.4) is 0 Å². The lowest BCUT2D eigenvalue weighted by molar-refractivity contribution is 0.0527. The van der Waals surface area contributed by atoms with Crippen LogP contribution in [0.25, 0.3) is 0 Å². The molecule has 0 aliphatic carbocycles. The summed E-state index contributed by atoms with van der Waals surface area (Å²) in [6.45, 7) is 12.2. The molecule has 9 heteroatoms. The van der Waals surface area contributed by atoms with Crippen molar-refractivity contribution in [1.29, 1.82) is 0 Å². The van der Waals surface area contributed by atoms with Gasteiger partial charge < -0.3 is 25.3 Å². The predicted molar refractivity (Wildman–Crippen MR) is 136 cm³/mol. The Balaban J connectivity index is 2.04. The zero-order valence-electron chi connectivity index (χ0n) is 21.0. The molecule has 0 aliphatic heterocycles. The van der Waals surface area contributed by atoms with Crippen molar-refractivity contribution in [2.24, 2.45) is 0 Å². The second-order valence-electron chi connectivity index (χ2n) is 9.43. The number of carbonyl (C=O) groups is 2. The number of aryl methyl sites for hydroxylation is 2. The molecule has 0 saturated carbocycles. The molecule has 1 aromatic carbocycles. The number of H-pyrrole nitrogens is 1. The molecule has 186 valence electrons. The Hall–Kier alpha value is -3.00. The van der Waals surface area contributed by atoms with E-state index in [1.54, 1.807) is 6.07 Å². The molecule has 0 atom stereocenters. The summed E-state index contributed by atoms with van der Waals surface area (Å²) in [4.78, 5) is 41.7. The number of nitrogens with one attached hydrogen (secondary N) is 3. The maximum absolute atomic E-state index is 12.9. The SMILES string of the molecule is Cc1cc(C)c(CNC(=O)c2cc(Cl)cc(N(C)CCCNC(=O)OC(C)(C)C)c2C)c(=O)[nH]1. The number of ether oxygens (including phenoxy) is 1. The summed E-state index contributed by atoms with van der Waals surface area (Å²) < 4.78 is 5.23. The molecule has 3 N–H and O–H groups in total. The Morgan fingerprint density at radius 1 is 1.12 bits per heavy atom. The minimum absolute atomic E-state index is 0.119. The number of carbonyl (C=O) groups excluding carboxylic acids is 2. The number of rotatable bonds is 8. The van der Waals surface area contributed by atoms with Crippen LogP contribution in [0.5, 0.6) is 0 Å². The number of anilines is 1. The van der Waals surface area contributed by atoms with E-state index in [-0.39, 0.29) is 18.0 Å². The molecule has 34 heavy (non-hydrogen) atoms. The number of pyridine rings is 1. The van der Waals surface area contributed by atoms with Crippen LogP contribution in [-0.2, 0) is 11.3 Å². The molecule has 1 heterocycles. The standard InChI is InChI=1S/C25H35ClN4O4/c1-15-11-16(2)29-23(32)20(15)14-28-22(31)19-12-18(26)13-21(17(19)3)30(7)10-8-9-27-24(33)34-25(4,5)6/h11-13H,8-10,14H2,1-7H3,(H,27,33)(H,28,31)(H,29,32). The van der Waals surface area contributed by atoms with Gasteiger partial charge in [0.05, 0.1) is 0 Å². The fourth-order valence-electron chi connectivity index (χ4n) is 3.60. The lowest BCUT2D eigenvalue weighted by atomic mass is 10.0. The molecular weight excluding hydrogens is 456 g/mol. The van der Waals surface area contributed by atoms with Crippen molar-refractivity contribution in [3.63, 3.8) is 0 Å². The largest absolute Gasteiger partial charge is 0.444 e. The van der Waals surface area contributed by atoms with Gasteiger partial charge in [0.1, 0.15) is 5.60 Å². The van der Waals surface area contributed by atoms with Gasteiger partial charge in [-0.15, -0.1) is 0 Å². The van der Waals surface area contributed by atoms with Gasteiger partial charge in [-0.3, -0.25) is 9.59 Å². The number of amides is 2. The Kier molecular flexibility index (Phi) is 9.15. The highest BCUT2D eigenvalue weighted by Gasteiger charge is 2.18. The summed E-state index contributed by atoms with van der Waals surface area (Å²) in [5, 5.41) is 6.02. The van der Waals surface area contributed by atoms with Crippen molar-refractivity contribution in [1.82, 2.24) is 15.6 Å². The molecule has 8 nitrogen and oxygen atoms in total. The van der Waals surface area contributed by atoms with Crippen LogP contribution < -0.4 is 21.1 Å². The van der Waals surface area contributed by atoms with Gasteiger partial charge >= 0.3 is 6.09 Å². The first kappa shape index (κ1) is 27.2. The van der Waals surface area contributed by atoms with E-state index in [0.717, 1.165) is 22.5 Å². The molecule has 0 radical (unpaired) electrons. The molecule has 1 aromatic heterocycles. The zero-order valence-corrected chi connectivity index (χ0v) is 21.8. The first-order chi connectivity index (χ1) is 15.8. The fourth-order valence-corrected chi connectivity index (χ4v) is 3.82. The molecule has 2 rings (SSSR count). The quantitative estimate of drug-likeness (QED) is 0.480. The average Bonchev–Trinajstić information content (AvgIpc) is 2.70. The van der Waals surface area contributed by atoms with E-state index in [1.807, 2.05) is 65.6 Å². The number of hydrogen-bond donors (Lipinski definition) is 3. The third kappa shape index (κ3) is 7.80. The summed E-state index contributed by atoms with van der Waals surface area (Å²) >= 11 is 6.32. The number of benzene rings is 1. The van der Waals surface area contributed by atoms with Gasteiger partial charge in [-0.05, 0) is 77.3 Å². The highest BCUT2D eigenvalue weighted by atomic mass is 35.5. The molecule has 0 aliphatic rings. The summed E-state index contributed by atoms with van der Waals surface area (Å²) in [6, 6.07) is 5.31. The molecule has 0 fully saturated rings. The first-order valence-corrected chi connectivity index (χ1v) is 11.6. The normalized spacial score (nSPS) is 11.2. The molecule has 2 amide bonds. The second-order valence-corrected chi connectivity index (χ2v) is 9.86. The maximum atomic E-state index is 12.9. The number of aromatic nitrogens is 1. The number of aromatic amines is 1. The van der Waals surface area contributed by atoms with Crippen LogP contribution in [0, 0.1) is 20.8 Å². The van der Waals surface area contributed by atoms with Crippen molar-refractivity contribution in [2.45, 2.75) is 60.1 Å². The van der Waals surface area contributed by atoms with Gasteiger partial charge in [-0.25, -0.2) is 4.79 Å². The van der Waals surface area contributed by atoms with E-state index < -0.39 is 11.7 Å². The highest BCUT2D eigenvalue weighted by molar-refractivity contribution is 6.31. The van der Waals surface area contributed by atoms with Gasteiger partial charge in [0.2, 0.25) is 0 Å². The van der Waals surface area contributed by atoms with Crippen LogP contribution in [0.15, 0.2) is 23.0 Å². The molecule has 2 aromatic rings. The van der Waals surface area contributed by atoms with Gasteiger partial charge in [-0.1, -0.05) is 11.6 Å². The Bertz CT molecular complexity index is 1110. The monoisotopic (exact) mass is 490 g/mol. The van der Waals surface area contributed by atoms with Crippen LogP contribution in [0.2, 0.25) is 5.02 Å². The molecule has 0 saturated heterocycles. The zero-order chi connectivity index (χ0) is 25.6. The van der Waals surface area contributed by atoms with E-state index in [4.69, 9.17) is 16.3 Å². The van der Waals surface area contributed by atoms with Crippen molar-refractivity contribution in [3.05, 3.63) is 61.5 Å². The summed E-state index contributed by atoms with van der Waals surface area (Å²) in [5.41, 5.74) is 3.42. The van der Waals surface area contributed by atoms with E-state index in [9.17, 15) is 14.4 Å². The van der Waals surface area contributed by atoms with Crippen molar-refractivity contribution >= 4 is 29.3 Å². The fraction of sp³-hybridized carbons (Fsp3) is 0.480. The summed E-state index contributed by atoms with van der Waals surface area (Å²) in [6.07, 6.45) is 0.231. The van der Waals surface area contributed by atoms with E-state index in [1.165, 1.54) is 0 Å². The van der Waals surface area contributed by atoms with Crippen LogP contribution >= 0.6 is 11.6 Å². The third-order valence-electron chi connectivity index (χ3n) is 5.26. The first-order valence-electron chi connectivity index (χ1n) is 11.2. The number of nitrogens with zero attached hydrogens (tertiary/aromatic N) is 1. The predicted octanol–water partition coefficient (Wildman–Crippen LogP) is 4.23. The Morgan fingerprint density at radius 3 is 2.41 bits per heavy atom. The lowest BCUT2D eigenvalue weighted by Gasteiger charge is -2.24. The average molecular weight is 491 g/mol. The second kappa shape index (κ2) is 11.4. The smallest absolute Gasteiger partial charge is 0.407 e. The number of hydrogen-bond acceptors (Lipinski definition) is 5. The van der Waals surface area contributed by atoms with E-state index in [0.29, 0.717) is 35.7 Å². The lowest BCUT2D eigenvalue weighted by Crippen LogP contribution is -2.34. The Labute approximate surface area is 206 Å². The summed E-state index contributed by atoms with van der Waals surface area (Å²) in [7, 11) is 1.91. The minimum atomic E-state index is -0.540. The van der Waals surface area contributed by atoms with Crippen LogP contribution in [0.1, 0.15) is 59.9 Å². The molecular formula is C25H35ClN4O4. The Morgan fingerprint density at radius 2 is 1.79 bits per heavy atom. The third-order valence-corrected chi connectivity index (χ3v) is 5.48. The van der Waals surface area contributed by atoms with E-state index in [2.05, 4.69) is 15.6 Å². The molecule has 0 unspecified atom stereocenters. The maximum Gasteiger partial charge on any atom is 0.407 e. The van der Waals surface area contributed by atoms with Crippen molar-refractivity contribution in [2.75, 3.05) is 25.0 Å². The topological polar surface area (TPSA) is 104 Å². The van der Waals surface area contributed by atoms with Crippen molar-refractivity contribution in [3.8, 4) is 0 Å². The van der Waals surface area contributed by atoms with E-state index >= 15 is 0 Å². The van der Waals surface area contributed by atoms with Gasteiger partial charge in [0, 0.05) is 54.2 Å². The van der Waals surface area contributed by atoms with Gasteiger partial charge in [0.25, 0.3) is 11.5 Å². The summed E-state index contributed by atoms with van der Waals surface area (Å²) in [5.74, 6) is -0.305. The molecule has 0 spiro atoms. The van der Waals surface area contributed by atoms with Crippen LogP contribution in [-0.4, -0.2) is 42.7 Å².